The average Bonchev–Trinajstić information content (AvgIpc) is 3.71. The van der Waals surface area contributed by atoms with Crippen LogP contribution in [0.25, 0.3) is 87.3 Å². The third kappa shape index (κ3) is 4.98. The Morgan fingerprint density at radius 2 is 0.688 bits per heavy atom. The third-order valence-electron chi connectivity index (χ3n) is 16.1. The van der Waals surface area contributed by atoms with Crippen LogP contribution < -0.4 is 0 Å². The summed E-state index contributed by atoms with van der Waals surface area (Å²) >= 11 is 0. The maximum atomic E-state index is 2.64. The quantitative estimate of drug-likeness (QED) is 0.135. The molecule has 4 heterocycles. The van der Waals surface area contributed by atoms with Crippen LogP contribution in [0.5, 0.6) is 0 Å². The summed E-state index contributed by atoms with van der Waals surface area (Å²) in [5.74, 6) is 0. The predicted octanol–water partition coefficient (Wildman–Crippen LogP) is 17.2. The molecule has 0 amide bonds. The largest absolute Gasteiger partial charge is 0.309 e. The first-order chi connectivity index (χ1) is 29.8. The van der Waals surface area contributed by atoms with Crippen LogP contribution in [-0.4, -0.2) is 9.13 Å². The van der Waals surface area contributed by atoms with Crippen molar-refractivity contribution in [3.63, 3.8) is 0 Å². The van der Waals surface area contributed by atoms with Crippen molar-refractivity contribution in [2.75, 3.05) is 0 Å². The minimum atomic E-state index is -0.253. The molecule has 0 aliphatic carbocycles. The van der Waals surface area contributed by atoms with Crippen LogP contribution in [0.2, 0.25) is 0 Å². The number of benzene rings is 8. The molecule has 0 N–H and O–H groups in total. The Balaban J connectivity index is 1.20. The van der Waals surface area contributed by atoms with Crippen molar-refractivity contribution in [2.24, 2.45) is 0 Å². The molecular formula is C62H64N2. The second kappa shape index (κ2) is 11.8. The fraction of sp³-hybridized carbons (Fsp3) is 0.355. The van der Waals surface area contributed by atoms with Crippen molar-refractivity contribution in [3.05, 3.63) is 142 Å². The van der Waals surface area contributed by atoms with Crippen molar-refractivity contribution in [2.45, 2.75) is 143 Å². The van der Waals surface area contributed by atoms with E-state index >= 15 is 0 Å². The van der Waals surface area contributed by atoms with Gasteiger partial charge in [0.2, 0.25) is 0 Å². The van der Waals surface area contributed by atoms with Gasteiger partial charge in [-0.1, -0.05) is 159 Å². The minimum Gasteiger partial charge on any atom is -0.309 e. The highest BCUT2D eigenvalue weighted by atomic mass is 15.0. The lowest BCUT2D eigenvalue weighted by atomic mass is 9.69. The molecule has 2 heteroatoms. The van der Waals surface area contributed by atoms with E-state index in [1.807, 2.05) is 0 Å². The van der Waals surface area contributed by atoms with Crippen LogP contribution in [0.1, 0.15) is 155 Å². The Morgan fingerprint density at radius 1 is 0.344 bits per heavy atom. The van der Waals surface area contributed by atoms with Crippen molar-refractivity contribution < 1.29 is 0 Å². The maximum Gasteiger partial charge on any atom is 0.0582 e. The zero-order valence-electron chi connectivity index (χ0n) is 41.1. The smallest absolute Gasteiger partial charge is 0.0582 e. The van der Waals surface area contributed by atoms with E-state index in [9.17, 15) is 0 Å². The van der Waals surface area contributed by atoms with E-state index in [1.165, 1.54) is 132 Å². The first kappa shape index (κ1) is 40.0. The molecule has 0 unspecified atom stereocenters. The molecule has 0 saturated heterocycles. The second-order valence-electron chi connectivity index (χ2n) is 25.2. The van der Waals surface area contributed by atoms with Crippen molar-refractivity contribution in [1.29, 1.82) is 0 Å². The van der Waals surface area contributed by atoms with Crippen molar-refractivity contribution in [1.82, 2.24) is 9.13 Å². The Morgan fingerprint density at radius 3 is 1.03 bits per heavy atom. The molecule has 64 heavy (non-hydrogen) atoms. The lowest BCUT2D eigenvalue weighted by molar-refractivity contribution is 0.582. The topological polar surface area (TPSA) is 9.86 Å². The molecular weight excluding hydrogens is 773 g/mol. The van der Waals surface area contributed by atoms with Crippen LogP contribution in [0.4, 0.5) is 0 Å². The van der Waals surface area contributed by atoms with E-state index < -0.39 is 0 Å². The van der Waals surface area contributed by atoms with Gasteiger partial charge in [-0.25, -0.2) is 0 Å². The monoisotopic (exact) mass is 837 g/mol. The van der Waals surface area contributed by atoms with Gasteiger partial charge in [0, 0.05) is 32.4 Å². The van der Waals surface area contributed by atoms with Gasteiger partial charge in [0.1, 0.15) is 0 Å². The Bertz CT molecular complexity index is 3480. The summed E-state index contributed by atoms with van der Waals surface area (Å²) in [5.41, 5.74) is 18.8. The van der Waals surface area contributed by atoms with Crippen LogP contribution in [-0.2, 0) is 32.5 Å². The first-order valence-electron chi connectivity index (χ1n) is 23.9. The van der Waals surface area contributed by atoms with Crippen molar-refractivity contribution in [3.8, 4) is 11.4 Å². The highest BCUT2D eigenvalue weighted by Gasteiger charge is 2.41. The van der Waals surface area contributed by atoms with E-state index in [1.54, 1.807) is 0 Å². The molecule has 0 bridgehead atoms. The predicted molar refractivity (Wildman–Crippen MR) is 278 cm³/mol. The molecule has 2 aliphatic heterocycles. The molecule has 2 aliphatic rings. The fourth-order valence-corrected chi connectivity index (χ4v) is 12.4. The molecule has 2 aromatic heterocycles. The van der Waals surface area contributed by atoms with Gasteiger partial charge in [0.15, 0.2) is 0 Å². The van der Waals surface area contributed by atoms with E-state index in [0.29, 0.717) is 0 Å². The van der Waals surface area contributed by atoms with Gasteiger partial charge in [0.05, 0.1) is 33.4 Å². The van der Waals surface area contributed by atoms with Gasteiger partial charge in [-0.2, -0.15) is 0 Å². The van der Waals surface area contributed by atoms with Gasteiger partial charge >= 0.3 is 0 Å². The van der Waals surface area contributed by atoms with Crippen molar-refractivity contribution >= 4 is 75.9 Å². The molecule has 2 nitrogen and oxygen atoms in total. The zero-order chi connectivity index (χ0) is 45.3. The van der Waals surface area contributed by atoms with Gasteiger partial charge in [0.25, 0.3) is 0 Å². The van der Waals surface area contributed by atoms with Crippen LogP contribution in [0, 0.1) is 0 Å². The maximum absolute atomic E-state index is 2.64. The normalized spacial score (nSPS) is 16.1. The molecule has 12 rings (SSSR count). The summed E-state index contributed by atoms with van der Waals surface area (Å²) in [6.45, 7) is 38.2. The number of nitrogens with zero attached hydrogens (tertiary/aromatic N) is 2. The molecule has 0 atom stereocenters. The van der Waals surface area contributed by atoms with E-state index in [4.69, 9.17) is 0 Å². The third-order valence-corrected chi connectivity index (χ3v) is 16.1. The number of hydrogen-bond acceptors (Lipinski definition) is 0. The van der Waals surface area contributed by atoms with Gasteiger partial charge in [-0.15, -0.1) is 0 Å². The molecule has 0 radical (unpaired) electrons. The fourth-order valence-electron chi connectivity index (χ4n) is 12.4. The number of aromatic nitrogens is 2. The number of hydrogen-bond donors (Lipinski definition) is 0. The van der Waals surface area contributed by atoms with Crippen LogP contribution in [0.15, 0.2) is 97.1 Å². The highest BCUT2D eigenvalue weighted by molar-refractivity contribution is 6.27. The summed E-state index contributed by atoms with van der Waals surface area (Å²) < 4.78 is 5.27. The Labute approximate surface area is 379 Å². The molecule has 0 saturated carbocycles. The van der Waals surface area contributed by atoms with Crippen LogP contribution in [0.3, 0.4) is 0 Å². The lowest BCUT2D eigenvalue weighted by Crippen LogP contribution is -2.28. The standard InChI is InChI=1S/C62H64N2/c1-57(2,3)35-19-23-47-41(27-35)43-29-37(59(7,8)9)31-45-55(43)63(47)49-25-33-17-18-34-26-50-54(40-22-21-39(51(33)52(34)40)53(49)61(45,13)14)62(15,16)46-32-38(60(10,11)12)30-44-42-28-36(58(4,5)6)20-24-48(42)64(50)56(44)46/h17-32H,1-16H3. The SMILES string of the molecule is CC(C)(C)c1ccc2c(c1)c1cc(C(C)(C)C)cc3c1n2-c1cc2ccc4cc5c(c6ccc(c1C3(C)C)c2c46)C(C)(C)c1cc(C(C)(C)C)cc2c3cc(C(C)(C)C)ccc3n-5c12. The van der Waals surface area contributed by atoms with E-state index in [0.717, 1.165) is 0 Å². The molecule has 8 aromatic carbocycles. The first-order valence-corrected chi connectivity index (χ1v) is 23.9. The summed E-state index contributed by atoms with van der Waals surface area (Å²) in [6.07, 6.45) is 0. The highest BCUT2D eigenvalue weighted by Crippen LogP contribution is 2.56. The Kier molecular flexibility index (Phi) is 7.36. The summed E-state index contributed by atoms with van der Waals surface area (Å²) in [4.78, 5) is 0. The Hall–Kier alpha value is -5.60. The molecule has 0 fully saturated rings. The van der Waals surface area contributed by atoms with Gasteiger partial charge in [-0.3, -0.25) is 0 Å². The van der Waals surface area contributed by atoms with Crippen LogP contribution >= 0.6 is 0 Å². The molecule has 10 aromatic rings. The van der Waals surface area contributed by atoms with Gasteiger partial charge < -0.3 is 9.13 Å². The average molecular weight is 837 g/mol. The molecule has 0 spiro atoms. The summed E-state index contributed by atoms with van der Waals surface area (Å²) in [5, 5.41) is 13.6. The summed E-state index contributed by atoms with van der Waals surface area (Å²) in [7, 11) is 0. The lowest BCUT2D eigenvalue weighted by Gasteiger charge is -2.39. The molecule has 322 valence electrons. The summed E-state index contributed by atoms with van der Waals surface area (Å²) in [6, 6.07) is 39.6. The zero-order valence-corrected chi connectivity index (χ0v) is 41.1. The van der Waals surface area contributed by atoms with E-state index in [2.05, 4.69) is 217 Å². The number of rotatable bonds is 0. The second-order valence-corrected chi connectivity index (χ2v) is 25.2. The number of fused-ring (bicyclic) bond motifs is 12. The van der Waals surface area contributed by atoms with E-state index in [-0.39, 0.29) is 32.5 Å². The van der Waals surface area contributed by atoms with Gasteiger partial charge in [-0.05, 0) is 147 Å². The minimum absolute atomic E-state index is 0.00340.